The van der Waals surface area contributed by atoms with Crippen molar-refractivity contribution in [1.82, 2.24) is 5.32 Å². The van der Waals surface area contributed by atoms with Crippen molar-refractivity contribution in [2.75, 3.05) is 19.4 Å². The van der Waals surface area contributed by atoms with Gasteiger partial charge in [0.15, 0.2) is 0 Å². The summed E-state index contributed by atoms with van der Waals surface area (Å²) in [5.41, 5.74) is 7.45. The van der Waals surface area contributed by atoms with E-state index in [1.165, 1.54) is 0 Å². The molecule has 4 nitrogen and oxygen atoms in total. The van der Waals surface area contributed by atoms with E-state index in [9.17, 15) is 4.79 Å². The van der Waals surface area contributed by atoms with Gasteiger partial charge in [0.05, 0.1) is 12.8 Å². The first kappa shape index (κ1) is 13.4. The Balaban J connectivity index is 2.47. The average molecular weight is 236 g/mol. The number of nitrogens with one attached hydrogen (secondary N) is 1. The monoisotopic (exact) mass is 236 g/mol. The molecule has 0 saturated carbocycles. The van der Waals surface area contributed by atoms with E-state index in [2.05, 4.69) is 5.32 Å². The fourth-order valence-corrected chi connectivity index (χ4v) is 1.55. The molecule has 0 heterocycles. The highest BCUT2D eigenvalue weighted by Crippen LogP contribution is 2.22. The smallest absolute Gasteiger partial charge is 0.220 e. The first-order chi connectivity index (χ1) is 8.17. The number of carbonyl (C=O) groups excluding carboxylic acids is 1. The van der Waals surface area contributed by atoms with E-state index in [0.717, 1.165) is 18.5 Å². The Labute approximate surface area is 102 Å². The average Bonchev–Trinajstić information content (AvgIpc) is 2.34. The third-order valence-corrected chi connectivity index (χ3v) is 2.51. The SMILES string of the molecule is CCCNC(=O)CCc1ccc(OC)c(N)c1. The normalized spacial score (nSPS) is 10.0. The number of rotatable bonds is 6. The maximum atomic E-state index is 11.4. The van der Waals surface area contributed by atoms with E-state index in [-0.39, 0.29) is 5.91 Å². The summed E-state index contributed by atoms with van der Waals surface area (Å²) >= 11 is 0. The molecule has 17 heavy (non-hydrogen) atoms. The molecule has 0 unspecified atom stereocenters. The molecule has 0 aliphatic carbocycles. The highest BCUT2D eigenvalue weighted by Gasteiger charge is 2.04. The second-order valence-corrected chi connectivity index (χ2v) is 3.93. The van der Waals surface area contributed by atoms with Crippen LogP contribution in [0.2, 0.25) is 0 Å². The van der Waals surface area contributed by atoms with Crippen molar-refractivity contribution in [3.05, 3.63) is 23.8 Å². The molecule has 0 atom stereocenters. The number of ether oxygens (including phenoxy) is 1. The highest BCUT2D eigenvalue weighted by atomic mass is 16.5. The number of methoxy groups -OCH3 is 1. The molecule has 4 heteroatoms. The van der Waals surface area contributed by atoms with Gasteiger partial charge in [0.2, 0.25) is 5.91 Å². The summed E-state index contributed by atoms with van der Waals surface area (Å²) in [4.78, 5) is 11.4. The summed E-state index contributed by atoms with van der Waals surface area (Å²) in [6.45, 7) is 2.77. The van der Waals surface area contributed by atoms with Crippen LogP contribution in [-0.4, -0.2) is 19.6 Å². The molecule has 0 radical (unpaired) electrons. The van der Waals surface area contributed by atoms with Crippen LogP contribution in [-0.2, 0) is 11.2 Å². The second kappa shape index (κ2) is 6.78. The van der Waals surface area contributed by atoms with E-state index in [0.29, 0.717) is 24.3 Å². The Bertz CT molecular complexity index is 378. The third kappa shape index (κ3) is 4.34. The second-order valence-electron chi connectivity index (χ2n) is 3.93. The molecular weight excluding hydrogens is 216 g/mol. The molecule has 0 aromatic heterocycles. The first-order valence-electron chi connectivity index (χ1n) is 5.86. The van der Waals surface area contributed by atoms with Gasteiger partial charge in [0, 0.05) is 13.0 Å². The van der Waals surface area contributed by atoms with Crippen molar-refractivity contribution in [2.45, 2.75) is 26.2 Å². The first-order valence-corrected chi connectivity index (χ1v) is 5.86. The Morgan fingerprint density at radius 3 is 2.82 bits per heavy atom. The van der Waals surface area contributed by atoms with Crippen molar-refractivity contribution in [3.63, 3.8) is 0 Å². The van der Waals surface area contributed by atoms with Gasteiger partial charge in [-0.15, -0.1) is 0 Å². The molecule has 1 aromatic rings. The van der Waals surface area contributed by atoms with Gasteiger partial charge in [-0.05, 0) is 30.5 Å². The fraction of sp³-hybridized carbons (Fsp3) is 0.462. The molecule has 1 amide bonds. The highest BCUT2D eigenvalue weighted by molar-refractivity contribution is 5.76. The summed E-state index contributed by atoms with van der Waals surface area (Å²) in [6.07, 6.45) is 2.15. The Hall–Kier alpha value is -1.71. The van der Waals surface area contributed by atoms with Crippen LogP contribution in [0.5, 0.6) is 5.75 Å². The maximum absolute atomic E-state index is 11.4. The van der Waals surface area contributed by atoms with Gasteiger partial charge < -0.3 is 15.8 Å². The minimum atomic E-state index is 0.0845. The topological polar surface area (TPSA) is 64.3 Å². The molecule has 0 spiro atoms. The van der Waals surface area contributed by atoms with Gasteiger partial charge in [-0.2, -0.15) is 0 Å². The Kier molecular flexibility index (Phi) is 5.33. The van der Waals surface area contributed by atoms with Crippen molar-refractivity contribution < 1.29 is 9.53 Å². The zero-order chi connectivity index (χ0) is 12.7. The summed E-state index contributed by atoms with van der Waals surface area (Å²) in [6, 6.07) is 5.61. The molecule has 1 rings (SSSR count). The van der Waals surface area contributed by atoms with Crippen LogP contribution in [0.1, 0.15) is 25.3 Å². The van der Waals surface area contributed by atoms with Gasteiger partial charge >= 0.3 is 0 Å². The molecular formula is C13H20N2O2. The molecule has 94 valence electrons. The number of amides is 1. The summed E-state index contributed by atoms with van der Waals surface area (Å²) in [5, 5.41) is 2.84. The predicted octanol–water partition coefficient (Wildman–Crippen LogP) is 1.74. The fourth-order valence-electron chi connectivity index (χ4n) is 1.55. The van der Waals surface area contributed by atoms with Gasteiger partial charge in [-0.3, -0.25) is 4.79 Å². The minimum Gasteiger partial charge on any atom is -0.495 e. The van der Waals surface area contributed by atoms with Crippen LogP contribution >= 0.6 is 0 Å². The van der Waals surface area contributed by atoms with Crippen LogP contribution in [0.3, 0.4) is 0 Å². The lowest BCUT2D eigenvalue weighted by Crippen LogP contribution is -2.24. The largest absolute Gasteiger partial charge is 0.495 e. The quantitative estimate of drug-likeness (QED) is 0.739. The number of anilines is 1. The number of nitrogen functional groups attached to an aromatic ring is 1. The van der Waals surface area contributed by atoms with E-state index in [1.807, 2.05) is 25.1 Å². The number of carbonyl (C=O) groups is 1. The predicted molar refractivity (Wildman–Crippen MR) is 69.0 cm³/mol. The Morgan fingerprint density at radius 1 is 1.47 bits per heavy atom. The number of benzene rings is 1. The number of aryl methyl sites for hydroxylation is 1. The Morgan fingerprint density at radius 2 is 2.24 bits per heavy atom. The summed E-state index contributed by atoms with van der Waals surface area (Å²) in [5.74, 6) is 0.755. The molecule has 0 aliphatic heterocycles. The molecule has 0 bridgehead atoms. The lowest BCUT2D eigenvalue weighted by molar-refractivity contribution is -0.121. The van der Waals surface area contributed by atoms with E-state index < -0.39 is 0 Å². The lowest BCUT2D eigenvalue weighted by atomic mass is 10.1. The number of hydrogen-bond donors (Lipinski definition) is 2. The lowest BCUT2D eigenvalue weighted by Gasteiger charge is -2.07. The zero-order valence-corrected chi connectivity index (χ0v) is 10.5. The molecule has 0 saturated heterocycles. The number of nitrogens with two attached hydrogens (primary N) is 1. The van der Waals surface area contributed by atoms with E-state index in [4.69, 9.17) is 10.5 Å². The van der Waals surface area contributed by atoms with E-state index in [1.54, 1.807) is 7.11 Å². The van der Waals surface area contributed by atoms with Crippen LogP contribution in [0.4, 0.5) is 5.69 Å². The molecule has 0 fully saturated rings. The third-order valence-electron chi connectivity index (χ3n) is 2.51. The van der Waals surface area contributed by atoms with Crippen molar-refractivity contribution >= 4 is 11.6 Å². The van der Waals surface area contributed by atoms with Gasteiger partial charge in [-0.1, -0.05) is 13.0 Å². The van der Waals surface area contributed by atoms with Crippen molar-refractivity contribution in [1.29, 1.82) is 0 Å². The van der Waals surface area contributed by atoms with Gasteiger partial charge in [0.1, 0.15) is 5.75 Å². The van der Waals surface area contributed by atoms with Gasteiger partial charge in [-0.25, -0.2) is 0 Å². The molecule has 3 N–H and O–H groups in total. The minimum absolute atomic E-state index is 0.0845. The standard InChI is InChI=1S/C13H20N2O2/c1-3-8-15-13(16)7-5-10-4-6-12(17-2)11(14)9-10/h4,6,9H,3,5,7-8,14H2,1-2H3,(H,15,16). The summed E-state index contributed by atoms with van der Waals surface area (Å²) < 4.78 is 5.07. The van der Waals surface area contributed by atoms with Gasteiger partial charge in [0.25, 0.3) is 0 Å². The molecule has 0 aliphatic rings. The molecule has 1 aromatic carbocycles. The van der Waals surface area contributed by atoms with Crippen molar-refractivity contribution in [3.8, 4) is 5.75 Å². The number of hydrogen-bond acceptors (Lipinski definition) is 3. The van der Waals surface area contributed by atoms with Crippen LogP contribution in [0.25, 0.3) is 0 Å². The van der Waals surface area contributed by atoms with Crippen LogP contribution < -0.4 is 15.8 Å². The zero-order valence-electron chi connectivity index (χ0n) is 10.5. The maximum Gasteiger partial charge on any atom is 0.220 e. The van der Waals surface area contributed by atoms with Crippen molar-refractivity contribution in [2.24, 2.45) is 0 Å². The van der Waals surface area contributed by atoms with E-state index >= 15 is 0 Å². The van der Waals surface area contributed by atoms with Crippen LogP contribution in [0.15, 0.2) is 18.2 Å². The summed E-state index contributed by atoms with van der Waals surface area (Å²) in [7, 11) is 1.59. The van der Waals surface area contributed by atoms with Crippen LogP contribution in [0, 0.1) is 0 Å².